The molecule has 1 amide bonds. The van der Waals surface area contributed by atoms with Crippen LogP contribution < -0.4 is 5.32 Å². The van der Waals surface area contributed by atoms with Gasteiger partial charge in [-0.3, -0.25) is 0 Å². The predicted molar refractivity (Wildman–Crippen MR) is 55.6 cm³/mol. The van der Waals surface area contributed by atoms with Gasteiger partial charge in [-0.2, -0.15) is 0 Å². The molecule has 1 atom stereocenters. The molecule has 1 saturated heterocycles. The number of alkyl carbamates (subject to hydrolysis) is 1. The number of nitrogens with one attached hydrogen (secondary N) is 1. The highest BCUT2D eigenvalue weighted by Gasteiger charge is 2.31. The number of carbonyl (C=O) groups is 1. The summed E-state index contributed by atoms with van der Waals surface area (Å²) in [6.45, 7) is 0.461. The van der Waals surface area contributed by atoms with Gasteiger partial charge in [0.05, 0.1) is 6.04 Å². The van der Waals surface area contributed by atoms with Gasteiger partial charge in [0.2, 0.25) is 0 Å². The van der Waals surface area contributed by atoms with Crippen LogP contribution in [0.2, 0.25) is 0 Å². The van der Waals surface area contributed by atoms with E-state index in [4.69, 9.17) is 4.74 Å². The van der Waals surface area contributed by atoms with Crippen molar-refractivity contribution in [2.45, 2.75) is 24.8 Å². The number of rotatable bonds is 2. The SMILES string of the molecule is O=C1NC(c2ccccc2C2CC2)CO1. The lowest BCUT2D eigenvalue weighted by Gasteiger charge is -2.12. The van der Waals surface area contributed by atoms with Crippen molar-refractivity contribution in [2.75, 3.05) is 6.61 Å². The quantitative estimate of drug-likeness (QED) is 0.801. The van der Waals surface area contributed by atoms with Gasteiger partial charge < -0.3 is 10.1 Å². The Kier molecular flexibility index (Phi) is 1.91. The molecule has 15 heavy (non-hydrogen) atoms. The van der Waals surface area contributed by atoms with Crippen LogP contribution >= 0.6 is 0 Å². The lowest BCUT2D eigenvalue weighted by Crippen LogP contribution is -2.19. The molecule has 3 nitrogen and oxygen atoms in total. The third kappa shape index (κ3) is 1.58. The van der Waals surface area contributed by atoms with Crippen LogP contribution in [0.5, 0.6) is 0 Å². The monoisotopic (exact) mass is 203 g/mol. The van der Waals surface area contributed by atoms with Crippen LogP contribution in [0, 0.1) is 0 Å². The van der Waals surface area contributed by atoms with Crippen molar-refractivity contribution in [3.05, 3.63) is 35.4 Å². The largest absolute Gasteiger partial charge is 0.447 e. The molecule has 1 saturated carbocycles. The second-order valence-corrected chi connectivity index (χ2v) is 4.20. The number of ether oxygens (including phenoxy) is 1. The van der Waals surface area contributed by atoms with Gasteiger partial charge in [-0.15, -0.1) is 0 Å². The molecule has 2 aliphatic rings. The zero-order valence-corrected chi connectivity index (χ0v) is 8.40. The Labute approximate surface area is 88.4 Å². The summed E-state index contributed by atoms with van der Waals surface area (Å²) in [5.74, 6) is 0.707. The first-order valence-electron chi connectivity index (χ1n) is 5.37. The molecule has 3 heteroatoms. The third-order valence-corrected chi connectivity index (χ3v) is 3.06. The van der Waals surface area contributed by atoms with E-state index >= 15 is 0 Å². The second kappa shape index (κ2) is 3.26. The summed E-state index contributed by atoms with van der Waals surface area (Å²) in [4.78, 5) is 11.0. The average Bonchev–Trinajstić information content (AvgIpc) is 3.02. The number of hydrogen-bond donors (Lipinski definition) is 1. The zero-order valence-electron chi connectivity index (χ0n) is 8.40. The highest BCUT2D eigenvalue weighted by atomic mass is 16.6. The van der Waals surface area contributed by atoms with E-state index in [1.54, 1.807) is 0 Å². The van der Waals surface area contributed by atoms with Gasteiger partial charge in [0.25, 0.3) is 0 Å². The van der Waals surface area contributed by atoms with E-state index in [2.05, 4.69) is 23.5 Å². The van der Waals surface area contributed by atoms with Crippen molar-refractivity contribution >= 4 is 6.09 Å². The van der Waals surface area contributed by atoms with Crippen LogP contribution in [-0.2, 0) is 4.74 Å². The molecule has 0 aromatic heterocycles. The fourth-order valence-electron chi connectivity index (χ4n) is 2.15. The summed E-state index contributed by atoms with van der Waals surface area (Å²) >= 11 is 0. The number of cyclic esters (lactones) is 1. The summed E-state index contributed by atoms with van der Waals surface area (Å²) in [5, 5.41) is 2.83. The van der Waals surface area contributed by atoms with E-state index in [9.17, 15) is 4.79 Å². The van der Waals surface area contributed by atoms with Gasteiger partial charge in [0.15, 0.2) is 0 Å². The normalized spacial score (nSPS) is 24.8. The molecule has 1 aromatic carbocycles. The number of hydrogen-bond acceptors (Lipinski definition) is 2. The minimum Gasteiger partial charge on any atom is -0.447 e. The number of benzene rings is 1. The van der Waals surface area contributed by atoms with Gasteiger partial charge in [-0.05, 0) is 29.9 Å². The maximum atomic E-state index is 11.0. The topological polar surface area (TPSA) is 38.3 Å². The van der Waals surface area contributed by atoms with Crippen LogP contribution in [0.4, 0.5) is 4.79 Å². The van der Waals surface area contributed by atoms with Crippen molar-refractivity contribution in [1.29, 1.82) is 0 Å². The van der Waals surface area contributed by atoms with Gasteiger partial charge in [0.1, 0.15) is 6.61 Å². The van der Waals surface area contributed by atoms with Gasteiger partial charge >= 0.3 is 6.09 Å². The highest BCUT2D eigenvalue weighted by molar-refractivity contribution is 5.70. The minimum absolute atomic E-state index is 0.0503. The fourth-order valence-corrected chi connectivity index (χ4v) is 2.15. The van der Waals surface area contributed by atoms with E-state index in [0.29, 0.717) is 12.5 Å². The molecule has 1 aliphatic heterocycles. The predicted octanol–water partition coefficient (Wildman–Crippen LogP) is 2.34. The van der Waals surface area contributed by atoms with Crippen molar-refractivity contribution < 1.29 is 9.53 Å². The Morgan fingerprint density at radius 1 is 1.20 bits per heavy atom. The lowest BCUT2D eigenvalue weighted by atomic mass is 9.98. The van der Waals surface area contributed by atoms with Gasteiger partial charge in [-0.1, -0.05) is 24.3 Å². The van der Waals surface area contributed by atoms with E-state index in [1.807, 2.05) is 6.07 Å². The molecule has 78 valence electrons. The van der Waals surface area contributed by atoms with Crippen molar-refractivity contribution in [2.24, 2.45) is 0 Å². The second-order valence-electron chi connectivity index (χ2n) is 4.20. The Bertz CT molecular complexity index is 398. The maximum absolute atomic E-state index is 11.0. The molecule has 2 fully saturated rings. The molecule has 0 bridgehead atoms. The van der Waals surface area contributed by atoms with E-state index in [1.165, 1.54) is 24.0 Å². The van der Waals surface area contributed by atoms with Gasteiger partial charge in [0, 0.05) is 0 Å². The molecular formula is C12H13NO2. The lowest BCUT2D eigenvalue weighted by molar-refractivity contribution is 0.177. The molecule has 0 spiro atoms. The summed E-state index contributed by atoms with van der Waals surface area (Å²) in [5.41, 5.74) is 2.61. The molecule has 1 heterocycles. The molecule has 1 aliphatic carbocycles. The van der Waals surface area contributed by atoms with Crippen LogP contribution in [0.3, 0.4) is 0 Å². The Balaban J connectivity index is 1.92. The van der Waals surface area contributed by atoms with E-state index < -0.39 is 0 Å². The summed E-state index contributed by atoms with van der Waals surface area (Å²) < 4.78 is 4.92. The Morgan fingerprint density at radius 2 is 1.93 bits per heavy atom. The maximum Gasteiger partial charge on any atom is 0.407 e. The van der Waals surface area contributed by atoms with Crippen molar-refractivity contribution in [3.8, 4) is 0 Å². The van der Waals surface area contributed by atoms with Crippen LogP contribution in [0.15, 0.2) is 24.3 Å². The summed E-state index contributed by atoms with van der Waals surface area (Å²) in [6.07, 6.45) is 2.25. The number of amides is 1. The van der Waals surface area contributed by atoms with Crippen molar-refractivity contribution in [1.82, 2.24) is 5.32 Å². The van der Waals surface area contributed by atoms with E-state index in [-0.39, 0.29) is 12.1 Å². The first kappa shape index (κ1) is 8.77. The molecule has 1 aromatic rings. The Morgan fingerprint density at radius 3 is 2.53 bits per heavy atom. The van der Waals surface area contributed by atoms with E-state index in [0.717, 1.165) is 0 Å². The first-order chi connectivity index (χ1) is 7.34. The Hall–Kier alpha value is -1.51. The summed E-state index contributed by atoms with van der Waals surface area (Å²) in [7, 11) is 0. The molecular weight excluding hydrogens is 190 g/mol. The third-order valence-electron chi connectivity index (χ3n) is 3.06. The molecule has 0 radical (unpaired) electrons. The minimum atomic E-state index is -0.300. The zero-order chi connectivity index (χ0) is 10.3. The van der Waals surface area contributed by atoms with Crippen molar-refractivity contribution in [3.63, 3.8) is 0 Å². The molecule has 1 N–H and O–H groups in total. The summed E-state index contributed by atoms with van der Waals surface area (Å²) in [6, 6.07) is 8.39. The van der Waals surface area contributed by atoms with Crippen LogP contribution in [-0.4, -0.2) is 12.7 Å². The number of carbonyl (C=O) groups excluding carboxylic acids is 1. The first-order valence-corrected chi connectivity index (χ1v) is 5.37. The van der Waals surface area contributed by atoms with Gasteiger partial charge in [-0.25, -0.2) is 4.79 Å². The molecule has 3 rings (SSSR count). The highest BCUT2D eigenvalue weighted by Crippen LogP contribution is 2.43. The van der Waals surface area contributed by atoms with Crippen LogP contribution in [0.25, 0.3) is 0 Å². The molecule has 1 unspecified atom stereocenters. The standard InChI is InChI=1S/C12H13NO2/c14-12-13-11(7-15-12)10-4-2-1-3-9(10)8-5-6-8/h1-4,8,11H,5-7H2,(H,13,14). The van der Waals surface area contributed by atoms with Crippen LogP contribution in [0.1, 0.15) is 35.9 Å². The smallest absolute Gasteiger partial charge is 0.407 e. The average molecular weight is 203 g/mol. The fraction of sp³-hybridized carbons (Fsp3) is 0.417.